The molecule has 3 N–H and O–H groups in total. The lowest BCUT2D eigenvalue weighted by Crippen LogP contribution is -2.40. The maximum atomic E-state index is 12.2. The average Bonchev–Trinajstić information content (AvgIpc) is 2.70. The zero-order valence-electron chi connectivity index (χ0n) is 16.5. The fraction of sp³-hybridized carbons (Fsp3) is 0.350. The van der Waals surface area contributed by atoms with Crippen LogP contribution in [0.1, 0.15) is 16.7 Å². The monoisotopic (exact) mass is 420 g/mol. The summed E-state index contributed by atoms with van der Waals surface area (Å²) in [6, 6.07) is 15.8. The van der Waals surface area contributed by atoms with E-state index in [-0.39, 0.29) is 12.3 Å². The molecule has 0 fully saturated rings. The van der Waals surface area contributed by atoms with E-state index < -0.39 is 10.0 Å². The molecule has 0 aromatic heterocycles. The third-order valence-electron chi connectivity index (χ3n) is 4.11. The highest BCUT2D eigenvalue weighted by molar-refractivity contribution is 7.98. The van der Waals surface area contributed by atoms with Gasteiger partial charge in [-0.25, -0.2) is 13.1 Å². The minimum absolute atomic E-state index is 0.0267. The van der Waals surface area contributed by atoms with Crippen LogP contribution in [0.25, 0.3) is 0 Å². The van der Waals surface area contributed by atoms with Gasteiger partial charge in [0, 0.05) is 31.6 Å². The van der Waals surface area contributed by atoms with Crippen LogP contribution in [0.3, 0.4) is 0 Å². The topological polar surface area (TPSA) is 82.6 Å². The summed E-state index contributed by atoms with van der Waals surface area (Å²) >= 11 is 1.71. The lowest BCUT2D eigenvalue weighted by atomic mass is 10.1. The Hall–Kier alpha value is -2.03. The van der Waals surface area contributed by atoms with Crippen LogP contribution in [0.5, 0.6) is 0 Å². The summed E-state index contributed by atoms with van der Waals surface area (Å²) < 4.78 is 26.9. The van der Waals surface area contributed by atoms with Crippen molar-refractivity contribution in [1.82, 2.24) is 15.4 Å². The van der Waals surface area contributed by atoms with Gasteiger partial charge in [-0.3, -0.25) is 4.99 Å². The normalized spacial score (nSPS) is 12.0. The van der Waals surface area contributed by atoms with Gasteiger partial charge in [0.25, 0.3) is 0 Å². The Morgan fingerprint density at radius 1 is 1.07 bits per heavy atom. The number of sulfonamides is 1. The minimum atomic E-state index is -3.36. The number of hydrogen-bond donors (Lipinski definition) is 3. The van der Waals surface area contributed by atoms with E-state index in [2.05, 4.69) is 51.7 Å². The Balaban J connectivity index is 1.79. The van der Waals surface area contributed by atoms with Crippen LogP contribution < -0.4 is 15.4 Å². The highest BCUT2D eigenvalue weighted by Crippen LogP contribution is 2.21. The standard InChI is InChI=1S/C20H28N4O2S2/c1-16-9-10-18(19(13-16)27-3)15-23-20(21-2)22-11-12-28(25,26)24-14-17-7-5-4-6-8-17/h4-10,13,24H,11-12,14-15H2,1-3H3,(H2,21,22,23). The predicted octanol–water partition coefficient (Wildman–Crippen LogP) is 2.50. The molecule has 2 aromatic rings. The first kappa shape index (κ1) is 22.3. The first-order valence-corrected chi connectivity index (χ1v) is 11.9. The fourth-order valence-corrected chi connectivity index (χ4v) is 4.17. The molecule has 8 heteroatoms. The molecule has 0 radical (unpaired) electrons. The Morgan fingerprint density at radius 3 is 2.50 bits per heavy atom. The largest absolute Gasteiger partial charge is 0.355 e. The molecule has 0 saturated heterocycles. The van der Waals surface area contributed by atoms with E-state index in [1.807, 2.05) is 30.3 Å². The molecule has 0 aliphatic rings. The maximum Gasteiger partial charge on any atom is 0.213 e. The molecule has 0 aliphatic carbocycles. The van der Waals surface area contributed by atoms with Crippen molar-refractivity contribution in [1.29, 1.82) is 0 Å². The predicted molar refractivity (Wildman–Crippen MR) is 118 cm³/mol. The van der Waals surface area contributed by atoms with E-state index >= 15 is 0 Å². The number of benzene rings is 2. The minimum Gasteiger partial charge on any atom is -0.355 e. The van der Waals surface area contributed by atoms with Crippen LogP contribution in [0, 0.1) is 6.92 Å². The summed E-state index contributed by atoms with van der Waals surface area (Å²) in [7, 11) is -1.70. The second kappa shape index (κ2) is 11.1. The SMILES string of the molecule is CN=C(NCCS(=O)(=O)NCc1ccccc1)NCc1ccc(C)cc1SC. The number of nitrogens with one attached hydrogen (secondary N) is 3. The van der Waals surface area contributed by atoms with Gasteiger partial charge in [-0.15, -0.1) is 11.8 Å². The van der Waals surface area contributed by atoms with Crippen molar-refractivity contribution >= 4 is 27.7 Å². The van der Waals surface area contributed by atoms with Gasteiger partial charge in [0.15, 0.2) is 5.96 Å². The summed E-state index contributed by atoms with van der Waals surface area (Å²) in [6.07, 6.45) is 2.05. The summed E-state index contributed by atoms with van der Waals surface area (Å²) in [5, 5.41) is 6.29. The summed E-state index contributed by atoms with van der Waals surface area (Å²) in [5.74, 6) is 0.548. The van der Waals surface area contributed by atoms with Crippen molar-refractivity contribution in [2.24, 2.45) is 4.99 Å². The van der Waals surface area contributed by atoms with E-state index in [0.717, 1.165) is 5.56 Å². The first-order chi connectivity index (χ1) is 13.4. The first-order valence-electron chi connectivity index (χ1n) is 9.03. The molecule has 0 spiro atoms. The molecule has 0 unspecified atom stereocenters. The van der Waals surface area contributed by atoms with E-state index in [1.54, 1.807) is 18.8 Å². The van der Waals surface area contributed by atoms with Crippen LogP contribution in [-0.2, 0) is 23.1 Å². The molecule has 0 amide bonds. The molecular weight excluding hydrogens is 392 g/mol. The van der Waals surface area contributed by atoms with Crippen molar-refractivity contribution in [3.05, 3.63) is 65.2 Å². The number of hydrogen-bond acceptors (Lipinski definition) is 4. The average molecular weight is 421 g/mol. The molecule has 28 heavy (non-hydrogen) atoms. The van der Waals surface area contributed by atoms with Gasteiger partial charge in [-0.1, -0.05) is 42.5 Å². The van der Waals surface area contributed by atoms with Crippen molar-refractivity contribution in [3.8, 4) is 0 Å². The van der Waals surface area contributed by atoms with Crippen LogP contribution in [-0.4, -0.2) is 40.0 Å². The molecule has 0 bridgehead atoms. The lowest BCUT2D eigenvalue weighted by Gasteiger charge is -2.14. The van der Waals surface area contributed by atoms with Gasteiger partial charge in [0.05, 0.1) is 5.75 Å². The summed E-state index contributed by atoms with van der Waals surface area (Å²) in [6.45, 7) is 3.26. The molecule has 152 valence electrons. The van der Waals surface area contributed by atoms with Crippen LogP contribution in [0.4, 0.5) is 0 Å². The third kappa shape index (κ3) is 7.53. The highest BCUT2D eigenvalue weighted by Gasteiger charge is 2.10. The van der Waals surface area contributed by atoms with Crippen LogP contribution >= 0.6 is 11.8 Å². The van der Waals surface area contributed by atoms with Crippen molar-refractivity contribution in [3.63, 3.8) is 0 Å². The molecule has 0 saturated carbocycles. The van der Waals surface area contributed by atoms with Crippen LogP contribution in [0.15, 0.2) is 58.4 Å². The van der Waals surface area contributed by atoms with E-state index in [0.29, 0.717) is 19.0 Å². The molecule has 0 aliphatic heterocycles. The zero-order chi connectivity index (χ0) is 20.4. The van der Waals surface area contributed by atoms with Gasteiger partial charge < -0.3 is 10.6 Å². The Kier molecular flexibility index (Phi) is 8.82. The Labute approximate surface area is 172 Å². The molecule has 2 rings (SSSR count). The molecule has 2 aromatic carbocycles. The lowest BCUT2D eigenvalue weighted by molar-refractivity contribution is 0.580. The van der Waals surface area contributed by atoms with Gasteiger partial charge >= 0.3 is 0 Å². The highest BCUT2D eigenvalue weighted by atomic mass is 32.2. The van der Waals surface area contributed by atoms with Crippen molar-refractivity contribution in [2.45, 2.75) is 24.9 Å². The van der Waals surface area contributed by atoms with Crippen molar-refractivity contribution < 1.29 is 8.42 Å². The zero-order valence-corrected chi connectivity index (χ0v) is 18.2. The number of aliphatic imine (C=N–C) groups is 1. The number of aryl methyl sites for hydroxylation is 1. The smallest absolute Gasteiger partial charge is 0.213 e. The third-order valence-corrected chi connectivity index (χ3v) is 6.26. The maximum absolute atomic E-state index is 12.2. The number of thioether (sulfide) groups is 1. The van der Waals surface area contributed by atoms with Gasteiger partial charge in [-0.05, 0) is 35.9 Å². The van der Waals surface area contributed by atoms with Gasteiger partial charge in [0.1, 0.15) is 0 Å². The van der Waals surface area contributed by atoms with E-state index in [4.69, 9.17) is 0 Å². The Morgan fingerprint density at radius 2 is 1.82 bits per heavy atom. The van der Waals surface area contributed by atoms with E-state index in [1.165, 1.54) is 16.0 Å². The van der Waals surface area contributed by atoms with Gasteiger partial charge in [-0.2, -0.15) is 0 Å². The Bertz CT molecular complexity index is 884. The van der Waals surface area contributed by atoms with Crippen molar-refractivity contribution in [2.75, 3.05) is 25.6 Å². The number of guanidine groups is 1. The summed E-state index contributed by atoms with van der Waals surface area (Å²) in [5.41, 5.74) is 3.33. The quantitative estimate of drug-likeness (QED) is 0.330. The molecular formula is C20H28N4O2S2. The van der Waals surface area contributed by atoms with Gasteiger partial charge in [0.2, 0.25) is 10.0 Å². The second-order valence-electron chi connectivity index (χ2n) is 6.29. The summed E-state index contributed by atoms with van der Waals surface area (Å²) in [4.78, 5) is 5.38. The van der Waals surface area contributed by atoms with Crippen LogP contribution in [0.2, 0.25) is 0 Å². The second-order valence-corrected chi connectivity index (χ2v) is 9.07. The fourth-order valence-electron chi connectivity index (χ4n) is 2.56. The number of nitrogens with zero attached hydrogens (tertiary/aromatic N) is 1. The molecule has 6 nitrogen and oxygen atoms in total. The van der Waals surface area contributed by atoms with E-state index in [9.17, 15) is 8.42 Å². The number of rotatable bonds is 9. The molecule has 0 atom stereocenters. The molecule has 0 heterocycles.